The Kier molecular flexibility index (Phi) is 1.70. The van der Waals surface area contributed by atoms with E-state index in [4.69, 9.17) is 0 Å². The maximum Gasteiger partial charge on any atom is 0.187 e. The van der Waals surface area contributed by atoms with Gasteiger partial charge in [-0.15, -0.1) is 5.10 Å². The number of fused-ring (bicyclic) bond motifs is 4. The lowest BCUT2D eigenvalue weighted by Gasteiger charge is -2.07. The quantitative estimate of drug-likeness (QED) is 0.666. The molecule has 0 bridgehead atoms. The van der Waals surface area contributed by atoms with Gasteiger partial charge in [-0.2, -0.15) is 5.10 Å². The van der Waals surface area contributed by atoms with Crippen LogP contribution in [0, 0.1) is 10.6 Å². The van der Waals surface area contributed by atoms with Crippen LogP contribution in [0.25, 0.3) is 18.2 Å². The molecule has 0 unspecified atom stereocenters. The number of benzene rings is 1. The van der Waals surface area contributed by atoms with Crippen LogP contribution in [-0.4, -0.2) is 16.0 Å². The number of hydrogen-bond acceptors (Lipinski definition) is 3. The lowest BCUT2D eigenvalue weighted by molar-refractivity contribution is 0.106. The second-order valence-electron chi connectivity index (χ2n) is 4.36. The molecule has 0 saturated carbocycles. The van der Waals surface area contributed by atoms with Gasteiger partial charge in [-0.1, -0.05) is 30.4 Å². The molecule has 0 spiro atoms. The van der Waals surface area contributed by atoms with E-state index < -0.39 is 0 Å². The van der Waals surface area contributed by atoms with Crippen LogP contribution in [0.3, 0.4) is 0 Å². The van der Waals surface area contributed by atoms with Gasteiger partial charge in [0, 0.05) is 16.0 Å². The summed E-state index contributed by atoms with van der Waals surface area (Å²) in [5, 5.41) is 11.7. The standard InChI is InChI=1S/C15H8N2O/c18-13-8-10-6-7-16-17-15(10)12-5-4-9-2-1-3-11(9)14(12)13/h1-8H. The largest absolute Gasteiger partial charge is 0.289 e. The van der Waals surface area contributed by atoms with Crippen LogP contribution in [0.4, 0.5) is 0 Å². The van der Waals surface area contributed by atoms with E-state index >= 15 is 0 Å². The van der Waals surface area contributed by atoms with Crippen molar-refractivity contribution in [2.45, 2.75) is 0 Å². The smallest absolute Gasteiger partial charge is 0.187 e. The summed E-state index contributed by atoms with van der Waals surface area (Å²) in [7, 11) is 0. The molecule has 18 heavy (non-hydrogen) atoms. The predicted molar refractivity (Wildman–Crippen MR) is 67.7 cm³/mol. The lowest BCUT2D eigenvalue weighted by Crippen LogP contribution is -2.20. The molecular weight excluding hydrogens is 224 g/mol. The number of carbonyl (C=O) groups excluding carboxylic acids is 1. The zero-order valence-electron chi connectivity index (χ0n) is 9.42. The molecule has 84 valence electrons. The van der Waals surface area contributed by atoms with Crippen molar-refractivity contribution in [3.63, 3.8) is 0 Å². The molecule has 3 heteroatoms. The molecule has 1 aromatic carbocycles. The predicted octanol–water partition coefficient (Wildman–Crippen LogP) is 0.548. The normalized spacial score (nSPS) is 14.3. The monoisotopic (exact) mass is 232 g/mol. The second-order valence-corrected chi connectivity index (χ2v) is 4.36. The van der Waals surface area contributed by atoms with Crippen LogP contribution >= 0.6 is 0 Å². The van der Waals surface area contributed by atoms with Crippen LogP contribution in [0.15, 0.2) is 30.5 Å². The first-order valence-electron chi connectivity index (χ1n) is 5.74. The Labute approximate surface area is 102 Å². The highest BCUT2D eigenvalue weighted by Crippen LogP contribution is 2.15. The van der Waals surface area contributed by atoms with Crippen molar-refractivity contribution in [3.05, 3.63) is 62.6 Å². The average molecular weight is 232 g/mol. The number of hydrogen-bond donors (Lipinski definition) is 0. The zero-order chi connectivity index (χ0) is 12.1. The summed E-state index contributed by atoms with van der Waals surface area (Å²) in [6.07, 6.45) is 9.19. The van der Waals surface area contributed by atoms with Gasteiger partial charge in [0.15, 0.2) is 5.78 Å². The van der Waals surface area contributed by atoms with Gasteiger partial charge in [-0.25, -0.2) is 0 Å². The SMILES string of the molecule is O=C1C=c2ccnnc2=c2ccc3c(c21)C=CC=3. The second kappa shape index (κ2) is 3.23. The van der Waals surface area contributed by atoms with Gasteiger partial charge in [0.05, 0.1) is 6.20 Å². The zero-order valence-corrected chi connectivity index (χ0v) is 9.42. The van der Waals surface area contributed by atoms with E-state index in [2.05, 4.69) is 10.2 Å². The van der Waals surface area contributed by atoms with Crippen molar-refractivity contribution in [2.24, 2.45) is 0 Å². The highest BCUT2D eigenvalue weighted by molar-refractivity contribution is 6.19. The highest BCUT2D eigenvalue weighted by atomic mass is 16.1. The third kappa shape index (κ3) is 1.10. The van der Waals surface area contributed by atoms with Crippen LogP contribution < -0.4 is 10.4 Å². The van der Waals surface area contributed by atoms with Crippen molar-refractivity contribution in [2.75, 3.05) is 0 Å². The van der Waals surface area contributed by atoms with Crippen molar-refractivity contribution in [3.8, 4) is 0 Å². The van der Waals surface area contributed by atoms with E-state index in [0.717, 1.165) is 32.1 Å². The van der Waals surface area contributed by atoms with Crippen LogP contribution in [-0.2, 0) is 0 Å². The number of allylic oxidation sites excluding steroid dienone is 1. The number of Topliss-reactive ketones (excluding diaryl/α,β-unsaturated/α-hetero) is 1. The number of carbonyl (C=O) groups is 1. The molecule has 0 aliphatic heterocycles. The molecule has 4 rings (SSSR count). The molecule has 0 radical (unpaired) electrons. The van der Waals surface area contributed by atoms with E-state index in [-0.39, 0.29) is 5.78 Å². The molecule has 0 amide bonds. The third-order valence-corrected chi connectivity index (χ3v) is 3.36. The fourth-order valence-corrected chi connectivity index (χ4v) is 2.55. The maximum atomic E-state index is 12.3. The first kappa shape index (κ1) is 9.48. The van der Waals surface area contributed by atoms with Crippen LogP contribution in [0.2, 0.25) is 0 Å². The third-order valence-electron chi connectivity index (χ3n) is 3.36. The summed E-state index contributed by atoms with van der Waals surface area (Å²) in [6.45, 7) is 0. The Hall–Kier alpha value is -2.55. The van der Waals surface area contributed by atoms with Crippen molar-refractivity contribution in [1.82, 2.24) is 10.2 Å². The fraction of sp³-hybridized carbons (Fsp3) is 0. The van der Waals surface area contributed by atoms with Crippen molar-refractivity contribution >= 4 is 24.0 Å². The van der Waals surface area contributed by atoms with Gasteiger partial charge >= 0.3 is 0 Å². The van der Waals surface area contributed by atoms with E-state index in [0.29, 0.717) is 0 Å². The summed E-state index contributed by atoms with van der Waals surface area (Å²) >= 11 is 0. The molecule has 2 aromatic rings. The molecule has 3 nitrogen and oxygen atoms in total. The summed E-state index contributed by atoms with van der Waals surface area (Å²) in [4.78, 5) is 12.3. The van der Waals surface area contributed by atoms with Gasteiger partial charge in [0.2, 0.25) is 0 Å². The molecule has 0 atom stereocenters. The fourth-order valence-electron chi connectivity index (χ4n) is 2.55. The summed E-state index contributed by atoms with van der Waals surface area (Å²) in [5.74, 6) is 0.0438. The van der Waals surface area contributed by atoms with E-state index in [1.54, 1.807) is 12.3 Å². The Balaban J connectivity index is 2.38. The van der Waals surface area contributed by atoms with Gasteiger partial charge in [-0.05, 0) is 22.9 Å². The Bertz CT molecular complexity index is 939. The molecule has 2 aliphatic rings. The van der Waals surface area contributed by atoms with Crippen LogP contribution in [0.5, 0.6) is 0 Å². The minimum absolute atomic E-state index is 0.0438. The topological polar surface area (TPSA) is 42.9 Å². The molecule has 2 aliphatic carbocycles. The Morgan fingerprint density at radius 2 is 2.00 bits per heavy atom. The van der Waals surface area contributed by atoms with Crippen molar-refractivity contribution < 1.29 is 4.79 Å². The summed E-state index contributed by atoms with van der Waals surface area (Å²) in [5.41, 5.74) is 1.73. The minimum Gasteiger partial charge on any atom is -0.289 e. The maximum absolute atomic E-state index is 12.3. The first-order valence-corrected chi connectivity index (χ1v) is 5.74. The van der Waals surface area contributed by atoms with Crippen molar-refractivity contribution in [1.29, 1.82) is 0 Å². The Morgan fingerprint density at radius 3 is 2.94 bits per heavy atom. The number of ketones is 1. The molecule has 1 heterocycles. The van der Waals surface area contributed by atoms with E-state index in [1.165, 1.54) is 0 Å². The summed E-state index contributed by atoms with van der Waals surface area (Å²) < 4.78 is 0. The number of rotatable bonds is 0. The van der Waals surface area contributed by atoms with Gasteiger partial charge in [0.1, 0.15) is 5.35 Å². The number of nitrogens with zero attached hydrogens (tertiary/aromatic N) is 2. The number of aromatic nitrogens is 2. The molecule has 0 N–H and O–H groups in total. The summed E-state index contributed by atoms with van der Waals surface area (Å²) in [6, 6.07) is 5.79. The van der Waals surface area contributed by atoms with Gasteiger partial charge < -0.3 is 0 Å². The first-order chi connectivity index (χ1) is 8.84. The molecular formula is C15H8N2O. The molecule has 0 saturated heterocycles. The van der Waals surface area contributed by atoms with Crippen LogP contribution in [0.1, 0.15) is 15.9 Å². The van der Waals surface area contributed by atoms with Gasteiger partial charge in [0.25, 0.3) is 0 Å². The molecule has 1 aromatic heterocycles. The van der Waals surface area contributed by atoms with Gasteiger partial charge in [-0.3, -0.25) is 4.79 Å². The van der Waals surface area contributed by atoms with E-state index in [1.807, 2.05) is 36.4 Å². The highest BCUT2D eigenvalue weighted by Gasteiger charge is 2.16. The Morgan fingerprint density at radius 1 is 1.06 bits per heavy atom. The van der Waals surface area contributed by atoms with E-state index in [9.17, 15) is 4.79 Å². The average Bonchev–Trinajstić information content (AvgIpc) is 2.86. The molecule has 0 fully saturated rings. The minimum atomic E-state index is 0.0438. The lowest BCUT2D eigenvalue weighted by atomic mass is 9.96.